The average Bonchev–Trinajstić information content (AvgIpc) is 2.84. The Balaban J connectivity index is 1.84. The third kappa shape index (κ3) is 3.23. The van der Waals surface area contributed by atoms with Crippen molar-refractivity contribution in [2.24, 2.45) is 0 Å². The number of hydrogen-bond donors (Lipinski definition) is 3. The maximum Gasteiger partial charge on any atom is 0.271 e. The van der Waals surface area contributed by atoms with Crippen molar-refractivity contribution in [2.45, 2.75) is 37.5 Å². The van der Waals surface area contributed by atoms with Crippen molar-refractivity contribution in [3.8, 4) is 0 Å². The van der Waals surface area contributed by atoms with Crippen LogP contribution in [-0.2, 0) is 0 Å². The second kappa shape index (κ2) is 6.44. The smallest absolute Gasteiger partial charge is 0.271 e. The second-order valence-corrected chi connectivity index (χ2v) is 5.90. The van der Waals surface area contributed by atoms with E-state index >= 15 is 0 Å². The molecule has 1 aliphatic rings. The van der Waals surface area contributed by atoms with Crippen LogP contribution in [0.4, 0.5) is 0 Å². The van der Waals surface area contributed by atoms with Crippen molar-refractivity contribution >= 4 is 5.91 Å². The van der Waals surface area contributed by atoms with E-state index in [0.29, 0.717) is 6.42 Å². The van der Waals surface area contributed by atoms with Gasteiger partial charge in [0.25, 0.3) is 5.91 Å². The molecule has 6 heteroatoms. The molecule has 1 saturated carbocycles. The number of aryl methyl sites for hydroxylation is 1. The number of nitrogens with zero attached hydrogens (tertiary/aromatic N) is 2. The van der Waals surface area contributed by atoms with E-state index in [4.69, 9.17) is 0 Å². The van der Waals surface area contributed by atoms with Gasteiger partial charge >= 0.3 is 0 Å². The summed E-state index contributed by atoms with van der Waals surface area (Å²) in [5, 5.41) is 23.1. The number of rotatable bonds is 3. The lowest BCUT2D eigenvalue weighted by Gasteiger charge is -2.23. The highest BCUT2D eigenvalue weighted by atomic mass is 16.3. The van der Waals surface area contributed by atoms with Gasteiger partial charge in [0.05, 0.1) is 18.3 Å². The lowest BCUT2D eigenvalue weighted by molar-refractivity contribution is 0.0294. The molecule has 1 heterocycles. The summed E-state index contributed by atoms with van der Waals surface area (Å²) < 4.78 is 0. The molecule has 0 radical (unpaired) electrons. The molecule has 1 aromatic carbocycles. The van der Waals surface area contributed by atoms with Gasteiger partial charge in [-0.1, -0.05) is 29.8 Å². The van der Waals surface area contributed by atoms with E-state index in [9.17, 15) is 15.0 Å². The quantitative estimate of drug-likeness (QED) is 0.779. The molecule has 1 fully saturated rings. The minimum absolute atomic E-state index is 0.152. The van der Waals surface area contributed by atoms with Crippen LogP contribution >= 0.6 is 0 Å². The van der Waals surface area contributed by atoms with Crippen molar-refractivity contribution in [1.82, 2.24) is 15.3 Å². The molecular weight excluding hydrogens is 294 g/mol. The van der Waals surface area contributed by atoms with Crippen molar-refractivity contribution < 1.29 is 15.0 Å². The number of amides is 1. The van der Waals surface area contributed by atoms with Crippen LogP contribution in [0.15, 0.2) is 42.9 Å². The summed E-state index contributed by atoms with van der Waals surface area (Å²) in [6.07, 6.45) is 2.81. The van der Waals surface area contributed by atoms with Crippen molar-refractivity contribution in [3.63, 3.8) is 0 Å². The third-order valence-electron chi connectivity index (χ3n) is 4.25. The van der Waals surface area contributed by atoms with Crippen LogP contribution in [0.5, 0.6) is 0 Å². The molecule has 6 nitrogen and oxygen atoms in total. The van der Waals surface area contributed by atoms with Gasteiger partial charge < -0.3 is 15.5 Å². The first-order chi connectivity index (χ1) is 11.1. The fraction of sp³-hybridized carbons (Fsp3) is 0.353. The zero-order chi connectivity index (χ0) is 16.4. The van der Waals surface area contributed by atoms with E-state index < -0.39 is 24.2 Å². The lowest BCUT2D eigenvalue weighted by atomic mass is 9.92. The molecule has 1 aliphatic carbocycles. The van der Waals surface area contributed by atoms with Crippen LogP contribution < -0.4 is 5.32 Å². The summed E-state index contributed by atoms with van der Waals surface area (Å²) in [4.78, 5) is 20.1. The van der Waals surface area contributed by atoms with Crippen molar-refractivity contribution in [2.75, 3.05) is 0 Å². The van der Waals surface area contributed by atoms with Crippen LogP contribution in [0, 0.1) is 6.92 Å². The fourth-order valence-corrected chi connectivity index (χ4v) is 3.10. The Morgan fingerprint density at radius 3 is 2.83 bits per heavy atom. The Hall–Kier alpha value is -2.31. The summed E-state index contributed by atoms with van der Waals surface area (Å²) in [5.41, 5.74) is 2.27. The number of nitrogens with one attached hydrogen (secondary N) is 1. The van der Waals surface area contributed by atoms with Gasteiger partial charge in [-0.15, -0.1) is 0 Å². The van der Waals surface area contributed by atoms with Gasteiger partial charge in [-0.3, -0.25) is 9.78 Å². The molecule has 4 atom stereocenters. The highest BCUT2D eigenvalue weighted by Crippen LogP contribution is 2.35. The van der Waals surface area contributed by atoms with Gasteiger partial charge in [-0.25, -0.2) is 4.98 Å². The Morgan fingerprint density at radius 1 is 1.30 bits per heavy atom. The Kier molecular flexibility index (Phi) is 4.36. The average molecular weight is 313 g/mol. The predicted octanol–water partition coefficient (Wildman–Crippen LogP) is 0.793. The van der Waals surface area contributed by atoms with Gasteiger partial charge in [0.2, 0.25) is 0 Å². The van der Waals surface area contributed by atoms with Crippen LogP contribution in [0.1, 0.15) is 34.0 Å². The molecule has 0 aliphatic heterocycles. The molecule has 120 valence electrons. The largest absolute Gasteiger partial charge is 0.390 e. The Bertz CT molecular complexity index is 692. The molecule has 23 heavy (non-hydrogen) atoms. The second-order valence-electron chi connectivity index (χ2n) is 5.90. The van der Waals surface area contributed by atoms with Crippen LogP contribution in [-0.4, -0.2) is 44.3 Å². The summed E-state index contributed by atoms with van der Waals surface area (Å²) in [6, 6.07) is 7.31. The van der Waals surface area contributed by atoms with Gasteiger partial charge in [0.1, 0.15) is 11.8 Å². The molecule has 3 rings (SSSR count). The minimum atomic E-state index is -1.01. The highest BCUT2D eigenvalue weighted by molar-refractivity contribution is 5.92. The first-order valence-electron chi connectivity index (χ1n) is 7.56. The number of aliphatic hydroxyl groups is 2. The number of carbonyl (C=O) groups excluding carboxylic acids is 1. The standard InChI is InChI=1S/C17H19N3O3/c1-10-3-2-4-11(7-10)12-8-14(21)16(22)15(12)20-17(23)13-9-18-5-6-19-13/h2-7,9,12,14-16,21-22H,8H2,1H3,(H,20,23). The first-order valence-corrected chi connectivity index (χ1v) is 7.56. The molecule has 0 bridgehead atoms. The first kappa shape index (κ1) is 15.6. The molecule has 3 N–H and O–H groups in total. The Labute approximate surface area is 134 Å². The SMILES string of the molecule is Cc1cccc(C2CC(O)C(O)C2NC(=O)c2cnccn2)c1. The number of hydrogen-bond acceptors (Lipinski definition) is 5. The molecule has 0 spiro atoms. The van der Waals surface area contributed by atoms with Gasteiger partial charge in [-0.05, 0) is 18.9 Å². The van der Waals surface area contributed by atoms with E-state index in [1.165, 1.54) is 18.6 Å². The van der Waals surface area contributed by atoms with Gasteiger partial charge in [0, 0.05) is 18.3 Å². The zero-order valence-corrected chi connectivity index (χ0v) is 12.8. The topological polar surface area (TPSA) is 95.3 Å². The third-order valence-corrected chi connectivity index (χ3v) is 4.25. The maximum atomic E-state index is 12.3. The molecule has 0 saturated heterocycles. The minimum Gasteiger partial charge on any atom is -0.390 e. The normalized spacial score (nSPS) is 26.9. The number of benzene rings is 1. The number of carbonyl (C=O) groups is 1. The highest BCUT2D eigenvalue weighted by Gasteiger charge is 2.43. The maximum absolute atomic E-state index is 12.3. The summed E-state index contributed by atoms with van der Waals surface area (Å²) in [6.45, 7) is 1.98. The Morgan fingerprint density at radius 2 is 2.13 bits per heavy atom. The molecule has 1 amide bonds. The van der Waals surface area contributed by atoms with Crippen LogP contribution in [0.3, 0.4) is 0 Å². The molecule has 4 unspecified atom stereocenters. The van der Waals surface area contributed by atoms with E-state index in [0.717, 1.165) is 11.1 Å². The predicted molar refractivity (Wildman–Crippen MR) is 83.8 cm³/mol. The summed E-state index contributed by atoms with van der Waals surface area (Å²) in [5.74, 6) is -0.561. The zero-order valence-electron chi connectivity index (χ0n) is 12.8. The summed E-state index contributed by atoms with van der Waals surface area (Å²) >= 11 is 0. The van der Waals surface area contributed by atoms with E-state index in [1.54, 1.807) is 0 Å². The van der Waals surface area contributed by atoms with Gasteiger partial charge in [0.15, 0.2) is 0 Å². The lowest BCUT2D eigenvalue weighted by Crippen LogP contribution is -2.45. The van der Waals surface area contributed by atoms with Crippen LogP contribution in [0.2, 0.25) is 0 Å². The fourth-order valence-electron chi connectivity index (χ4n) is 3.10. The number of aliphatic hydroxyl groups excluding tert-OH is 2. The monoisotopic (exact) mass is 313 g/mol. The molecular formula is C17H19N3O3. The van der Waals surface area contributed by atoms with E-state index in [2.05, 4.69) is 15.3 Å². The van der Waals surface area contributed by atoms with Crippen molar-refractivity contribution in [1.29, 1.82) is 0 Å². The molecule has 2 aromatic rings. The van der Waals surface area contributed by atoms with Crippen LogP contribution in [0.25, 0.3) is 0 Å². The van der Waals surface area contributed by atoms with E-state index in [-0.39, 0.29) is 11.6 Å². The van der Waals surface area contributed by atoms with Crippen molar-refractivity contribution in [3.05, 3.63) is 59.7 Å². The summed E-state index contributed by atoms with van der Waals surface area (Å²) in [7, 11) is 0. The van der Waals surface area contributed by atoms with E-state index in [1.807, 2.05) is 31.2 Å². The number of aromatic nitrogens is 2. The molecule has 1 aromatic heterocycles. The van der Waals surface area contributed by atoms with Gasteiger partial charge in [-0.2, -0.15) is 0 Å².